The number of aryl methyl sites for hydroxylation is 2. The Balaban J connectivity index is 2.05. The van der Waals surface area contributed by atoms with Gasteiger partial charge >= 0.3 is 11.8 Å². The van der Waals surface area contributed by atoms with Gasteiger partial charge in [-0.1, -0.05) is 27.5 Å². The molecule has 10 heteroatoms. The predicted octanol–water partition coefficient (Wildman–Crippen LogP) is 2.93. The van der Waals surface area contributed by atoms with Crippen LogP contribution in [0.25, 0.3) is 0 Å². The Morgan fingerprint density at radius 1 is 1.13 bits per heavy atom. The largest absolute Gasteiger partial charge is 0.483 e. The van der Waals surface area contributed by atoms with Gasteiger partial charge in [0.15, 0.2) is 6.61 Å². The lowest BCUT2D eigenvalue weighted by atomic mass is 10.1. The topological polar surface area (TPSA) is 109 Å². The van der Waals surface area contributed by atoms with Gasteiger partial charge in [-0.3, -0.25) is 14.4 Å². The number of hydrazone groups is 1. The first kappa shape index (κ1) is 23.4. The summed E-state index contributed by atoms with van der Waals surface area (Å²) in [7, 11) is 1.33. The zero-order valence-corrected chi connectivity index (χ0v) is 18.8. The van der Waals surface area contributed by atoms with Crippen LogP contribution in [0.15, 0.2) is 39.9 Å². The molecule has 158 valence electrons. The molecule has 30 heavy (non-hydrogen) atoms. The Morgan fingerprint density at radius 3 is 2.43 bits per heavy atom. The molecule has 3 amide bonds. The number of benzene rings is 2. The van der Waals surface area contributed by atoms with E-state index in [1.165, 1.54) is 13.3 Å². The standard InChI is InChI=1S/C20H20BrClN4O4/c1-11-6-14(21)7-12(2)18(11)25-17(27)10-30-16-5-4-15(22)8-13(16)9-24-26-20(29)19(28)23-3/h4-9H,10H2,1-3H3,(H,23,28)(H,25,27)(H,26,29)/b24-9-. The quantitative estimate of drug-likeness (QED) is 0.325. The molecule has 3 N–H and O–H groups in total. The lowest BCUT2D eigenvalue weighted by molar-refractivity contribution is -0.138. The molecule has 0 bridgehead atoms. The predicted molar refractivity (Wildman–Crippen MR) is 119 cm³/mol. The molecule has 0 spiro atoms. The van der Waals surface area contributed by atoms with Crippen molar-refractivity contribution in [2.45, 2.75) is 13.8 Å². The van der Waals surface area contributed by atoms with Crippen molar-refractivity contribution in [3.8, 4) is 5.75 Å². The molecule has 0 saturated carbocycles. The zero-order valence-electron chi connectivity index (χ0n) is 16.5. The lowest BCUT2D eigenvalue weighted by Crippen LogP contribution is -2.35. The van der Waals surface area contributed by atoms with Crippen molar-refractivity contribution in [3.05, 3.63) is 56.5 Å². The van der Waals surface area contributed by atoms with Crippen molar-refractivity contribution in [3.63, 3.8) is 0 Å². The van der Waals surface area contributed by atoms with Gasteiger partial charge in [-0.15, -0.1) is 0 Å². The van der Waals surface area contributed by atoms with Crippen molar-refractivity contribution in [2.75, 3.05) is 19.0 Å². The van der Waals surface area contributed by atoms with Crippen LogP contribution in [0.1, 0.15) is 16.7 Å². The first-order valence-electron chi connectivity index (χ1n) is 8.75. The van der Waals surface area contributed by atoms with Gasteiger partial charge in [0.1, 0.15) is 5.75 Å². The average Bonchev–Trinajstić information content (AvgIpc) is 2.69. The second-order valence-electron chi connectivity index (χ2n) is 6.21. The monoisotopic (exact) mass is 494 g/mol. The molecule has 0 radical (unpaired) electrons. The number of rotatable bonds is 6. The van der Waals surface area contributed by atoms with E-state index in [0.29, 0.717) is 16.3 Å². The highest BCUT2D eigenvalue weighted by Crippen LogP contribution is 2.25. The summed E-state index contributed by atoms with van der Waals surface area (Å²) in [6.45, 7) is 3.55. The van der Waals surface area contributed by atoms with E-state index in [0.717, 1.165) is 21.3 Å². The number of ether oxygens (including phenoxy) is 1. The Kier molecular flexibility index (Phi) is 8.37. The molecule has 0 atom stereocenters. The van der Waals surface area contributed by atoms with Crippen LogP contribution in [0.4, 0.5) is 5.69 Å². The fourth-order valence-corrected chi connectivity index (χ4v) is 3.37. The minimum Gasteiger partial charge on any atom is -0.483 e. The number of amides is 3. The SMILES string of the molecule is CNC(=O)C(=O)N/N=C\c1cc(Cl)ccc1OCC(=O)Nc1c(C)cc(Br)cc1C. The van der Waals surface area contributed by atoms with Crippen LogP contribution in [-0.2, 0) is 14.4 Å². The molecule has 0 aliphatic rings. The van der Waals surface area contributed by atoms with Gasteiger partial charge in [0.05, 0.1) is 6.21 Å². The van der Waals surface area contributed by atoms with Crippen molar-refractivity contribution in [2.24, 2.45) is 5.10 Å². The van der Waals surface area contributed by atoms with Crippen LogP contribution in [0.3, 0.4) is 0 Å². The highest BCUT2D eigenvalue weighted by Gasteiger charge is 2.12. The fraction of sp³-hybridized carbons (Fsp3) is 0.200. The van der Waals surface area contributed by atoms with Gasteiger partial charge in [0.25, 0.3) is 5.91 Å². The molecule has 0 aromatic heterocycles. The summed E-state index contributed by atoms with van der Waals surface area (Å²) >= 11 is 9.42. The number of carbonyl (C=O) groups is 3. The summed E-state index contributed by atoms with van der Waals surface area (Å²) in [6.07, 6.45) is 1.27. The molecule has 0 aliphatic heterocycles. The van der Waals surface area contributed by atoms with E-state index < -0.39 is 11.8 Å². The van der Waals surface area contributed by atoms with E-state index in [1.807, 2.05) is 26.0 Å². The van der Waals surface area contributed by atoms with Gasteiger partial charge in [-0.05, 0) is 55.3 Å². The molecule has 0 aliphatic carbocycles. The minimum absolute atomic E-state index is 0.248. The normalized spacial score (nSPS) is 10.6. The summed E-state index contributed by atoms with van der Waals surface area (Å²) in [6, 6.07) is 8.54. The first-order chi connectivity index (χ1) is 14.2. The maximum absolute atomic E-state index is 12.4. The lowest BCUT2D eigenvalue weighted by Gasteiger charge is -2.13. The molecular formula is C20H20BrClN4O4. The van der Waals surface area contributed by atoms with Crippen LogP contribution in [0.2, 0.25) is 5.02 Å². The summed E-state index contributed by atoms with van der Waals surface area (Å²) in [5.74, 6) is -1.76. The highest BCUT2D eigenvalue weighted by atomic mass is 79.9. The van der Waals surface area contributed by atoms with E-state index in [-0.39, 0.29) is 12.5 Å². The summed E-state index contributed by atoms with van der Waals surface area (Å²) in [5.41, 5.74) is 5.06. The number of nitrogens with zero attached hydrogens (tertiary/aromatic N) is 1. The molecule has 8 nitrogen and oxygen atoms in total. The molecule has 2 aromatic carbocycles. The maximum atomic E-state index is 12.4. The molecular weight excluding hydrogens is 476 g/mol. The van der Waals surface area contributed by atoms with Crippen molar-refractivity contribution >= 4 is 57.2 Å². The van der Waals surface area contributed by atoms with Crippen molar-refractivity contribution < 1.29 is 19.1 Å². The third kappa shape index (κ3) is 6.57. The van der Waals surface area contributed by atoms with Crippen LogP contribution < -0.4 is 20.8 Å². The fourth-order valence-electron chi connectivity index (χ4n) is 2.50. The number of likely N-dealkylation sites (N-methyl/N-ethyl adjacent to an activating group) is 1. The number of hydrogen-bond acceptors (Lipinski definition) is 5. The maximum Gasteiger partial charge on any atom is 0.329 e. The summed E-state index contributed by atoms with van der Waals surface area (Å²) in [5, 5.41) is 9.14. The van der Waals surface area contributed by atoms with E-state index in [9.17, 15) is 14.4 Å². The molecule has 0 fully saturated rings. The second kappa shape index (κ2) is 10.7. The van der Waals surface area contributed by atoms with E-state index >= 15 is 0 Å². The summed E-state index contributed by atoms with van der Waals surface area (Å²) < 4.78 is 6.52. The number of carbonyl (C=O) groups excluding carboxylic acids is 3. The van der Waals surface area contributed by atoms with Crippen LogP contribution in [0, 0.1) is 13.8 Å². The van der Waals surface area contributed by atoms with Gasteiger partial charge in [-0.2, -0.15) is 5.10 Å². The minimum atomic E-state index is -0.919. The van der Waals surface area contributed by atoms with Crippen LogP contribution >= 0.6 is 27.5 Å². The Bertz CT molecular complexity index is 987. The molecule has 0 saturated heterocycles. The van der Waals surface area contributed by atoms with E-state index in [4.69, 9.17) is 16.3 Å². The number of halogens is 2. The van der Waals surface area contributed by atoms with Crippen molar-refractivity contribution in [1.29, 1.82) is 0 Å². The van der Waals surface area contributed by atoms with E-state index in [2.05, 4.69) is 37.1 Å². The smallest absolute Gasteiger partial charge is 0.329 e. The Hall–Kier alpha value is -2.91. The van der Waals surface area contributed by atoms with Gasteiger partial charge in [-0.25, -0.2) is 5.43 Å². The van der Waals surface area contributed by atoms with Gasteiger partial charge in [0.2, 0.25) is 0 Å². The number of hydrogen-bond donors (Lipinski definition) is 3. The average molecular weight is 496 g/mol. The third-order valence-electron chi connectivity index (χ3n) is 3.90. The van der Waals surface area contributed by atoms with Crippen LogP contribution in [0.5, 0.6) is 5.75 Å². The molecule has 0 unspecified atom stereocenters. The first-order valence-corrected chi connectivity index (χ1v) is 9.92. The van der Waals surface area contributed by atoms with Crippen LogP contribution in [-0.4, -0.2) is 37.6 Å². The van der Waals surface area contributed by atoms with E-state index in [1.54, 1.807) is 18.2 Å². The Labute approximate surface area is 187 Å². The second-order valence-corrected chi connectivity index (χ2v) is 7.56. The number of nitrogens with one attached hydrogen (secondary N) is 3. The van der Waals surface area contributed by atoms with Gasteiger partial charge < -0.3 is 15.4 Å². The Morgan fingerprint density at radius 2 is 1.80 bits per heavy atom. The molecule has 0 heterocycles. The zero-order chi connectivity index (χ0) is 22.3. The van der Waals surface area contributed by atoms with Crippen molar-refractivity contribution in [1.82, 2.24) is 10.7 Å². The molecule has 2 rings (SSSR count). The summed E-state index contributed by atoms with van der Waals surface area (Å²) in [4.78, 5) is 35.0. The molecule has 2 aromatic rings. The third-order valence-corrected chi connectivity index (χ3v) is 4.59. The number of anilines is 1. The highest BCUT2D eigenvalue weighted by molar-refractivity contribution is 9.10. The van der Waals surface area contributed by atoms with Gasteiger partial charge in [0, 0.05) is 27.8 Å².